The van der Waals surface area contributed by atoms with Gasteiger partial charge in [0, 0.05) is 6.04 Å². The number of hydrogen-bond acceptors (Lipinski definition) is 2. The summed E-state index contributed by atoms with van der Waals surface area (Å²) in [4.78, 5) is 22.5. The molecule has 0 aliphatic carbocycles. The van der Waals surface area contributed by atoms with Gasteiger partial charge in [-0.05, 0) is 31.5 Å². The predicted molar refractivity (Wildman–Crippen MR) is 74.7 cm³/mol. The van der Waals surface area contributed by atoms with Gasteiger partial charge in [0.05, 0.1) is 22.4 Å². The second kappa shape index (κ2) is 6.78. The minimum absolute atomic E-state index is 0.111. The number of rotatable bonds is 5. The molecule has 1 amide bonds. The molecule has 1 rings (SSSR count). The van der Waals surface area contributed by atoms with Crippen LogP contribution in [0.15, 0.2) is 18.2 Å². The van der Waals surface area contributed by atoms with E-state index in [2.05, 4.69) is 5.32 Å². The van der Waals surface area contributed by atoms with Crippen LogP contribution in [0.4, 0.5) is 0 Å². The Morgan fingerprint density at radius 1 is 1.26 bits per heavy atom. The van der Waals surface area contributed by atoms with Crippen LogP contribution in [0, 0.1) is 0 Å². The summed E-state index contributed by atoms with van der Waals surface area (Å²) in [6.07, 6.45) is -0.111. The Morgan fingerprint density at radius 2 is 1.89 bits per heavy atom. The zero-order valence-electron chi connectivity index (χ0n) is 10.6. The van der Waals surface area contributed by atoms with E-state index < -0.39 is 17.9 Å². The Labute approximate surface area is 121 Å². The summed E-state index contributed by atoms with van der Waals surface area (Å²) in [7, 11) is 0. The molecule has 4 nitrogen and oxygen atoms in total. The number of nitrogens with one attached hydrogen (secondary N) is 1. The number of carboxylic acid groups (broad SMARTS) is 1. The summed E-state index contributed by atoms with van der Waals surface area (Å²) in [5.74, 6) is -1.62. The van der Waals surface area contributed by atoms with E-state index in [9.17, 15) is 9.59 Å². The van der Waals surface area contributed by atoms with Crippen LogP contribution in [0.1, 0.15) is 31.7 Å². The smallest absolute Gasteiger partial charge is 0.305 e. The van der Waals surface area contributed by atoms with Crippen molar-refractivity contribution in [1.82, 2.24) is 5.32 Å². The molecule has 1 aromatic rings. The summed E-state index contributed by atoms with van der Waals surface area (Å²) in [5, 5.41) is 12.1. The lowest BCUT2D eigenvalue weighted by molar-refractivity contribution is -0.137. The average molecular weight is 304 g/mol. The summed E-state index contributed by atoms with van der Waals surface area (Å²) in [5.41, 5.74) is 0.731. The topological polar surface area (TPSA) is 66.4 Å². The van der Waals surface area contributed by atoms with Crippen LogP contribution >= 0.6 is 23.2 Å². The first-order valence-electron chi connectivity index (χ1n) is 5.78. The molecular weight excluding hydrogens is 289 g/mol. The zero-order chi connectivity index (χ0) is 14.6. The van der Waals surface area contributed by atoms with Gasteiger partial charge >= 0.3 is 5.97 Å². The quantitative estimate of drug-likeness (QED) is 0.878. The lowest BCUT2D eigenvalue weighted by Crippen LogP contribution is -2.36. The predicted octanol–water partition coefficient (Wildman–Crippen LogP) is 3.08. The maximum atomic E-state index is 12.0. The second-order valence-corrected chi connectivity index (χ2v) is 5.22. The van der Waals surface area contributed by atoms with Crippen molar-refractivity contribution in [1.29, 1.82) is 0 Å². The molecule has 0 radical (unpaired) electrons. The Balaban J connectivity index is 2.71. The molecule has 0 bridgehead atoms. The number of carboxylic acids is 1. The van der Waals surface area contributed by atoms with Gasteiger partial charge in [0.2, 0.25) is 5.91 Å². The second-order valence-electron chi connectivity index (χ2n) is 4.40. The van der Waals surface area contributed by atoms with Gasteiger partial charge in [-0.25, -0.2) is 0 Å². The van der Waals surface area contributed by atoms with Crippen LogP contribution in [0.5, 0.6) is 0 Å². The summed E-state index contributed by atoms with van der Waals surface area (Å²) in [6, 6.07) is 4.57. The molecule has 0 saturated carbocycles. The molecule has 0 aromatic heterocycles. The van der Waals surface area contributed by atoms with Gasteiger partial charge in [0.25, 0.3) is 0 Å². The highest BCUT2D eigenvalue weighted by molar-refractivity contribution is 6.42. The number of aliphatic carboxylic acids is 1. The van der Waals surface area contributed by atoms with Crippen molar-refractivity contribution < 1.29 is 14.7 Å². The van der Waals surface area contributed by atoms with Crippen molar-refractivity contribution in [2.45, 2.75) is 32.2 Å². The van der Waals surface area contributed by atoms with Crippen LogP contribution in [-0.2, 0) is 9.59 Å². The molecule has 0 aliphatic heterocycles. The van der Waals surface area contributed by atoms with Crippen LogP contribution in [-0.4, -0.2) is 23.0 Å². The Bertz CT molecular complexity index is 491. The number of halogens is 2. The number of hydrogen-bond donors (Lipinski definition) is 2. The number of benzene rings is 1. The molecule has 2 N–H and O–H groups in total. The molecule has 6 heteroatoms. The van der Waals surface area contributed by atoms with E-state index in [1.807, 2.05) is 0 Å². The van der Waals surface area contributed by atoms with Gasteiger partial charge in [-0.15, -0.1) is 0 Å². The lowest BCUT2D eigenvalue weighted by Gasteiger charge is -2.17. The van der Waals surface area contributed by atoms with E-state index in [1.54, 1.807) is 32.0 Å². The van der Waals surface area contributed by atoms with Crippen molar-refractivity contribution in [3.63, 3.8) is 0 Å². The third-order valence-corrected chi connectivity index (χ3v) is 3.45. The zero-order valence-corrected chi connectivity index (χ0v) is 12.1. The van der Waals surface area contributed by atoms with Crippen LogP contribution in [0.3, 0.4) is 0 Å². The molecule has 2 unspecified atom stereocenters. The third kappa shape index (κ3) is 4.73. The Morgan fingerprint density at radius 3 is 2.42 bits per heavy atom. The summed E-state index contributed by atoms with van der Waals surface area (Å²) >= 11 is 11.7. The fraction of sp³-hybridized carbons (Fsp3) is 0.385. The Hall–Kier alpha value is -1.26. The van der Waals surface area contributed by atoms with E-state index in [4.69, 9.17) is 28.3 Å². The molecule has 2 atom stereocenters. The van der Waals surface area contributed by atoms with Crippen molar-refractivity contribution in [2.24, 2.45) is 0 Å². The summed E-state index contributed by atoms with van der Waals surface area (Å²) < 4.78 is 0. The molecule has 0 saturated heterocycles. The molecule has 19 heavy (non-hydrogen) atoms. The lowest BCUT2D eigenvalue weighted by atomic mass is 10.00. The average Bonchev–Trinajstić information content (AvgIpc) is 2.30. The van der Waals surface area contributed by atoms with Crippen LogP contribution < -0.4 is 5.32 Å². The van der Waals surface area contributed by atoms with Gasteiger partial charge in [0.15, 0.2) is 0 Å². The van der Waals surface area contributed by atoms with Gasteiger partial charge in [-0.1, -0.05) is 29.3 Å². The minimum atomic E-state index is -0.949. The SMILES string of the molecule is CC(CC(=O)O)NC(=O)C(C)c1ccc(Cl)c(Cl)c1. The van der Waals surface area contributed by atoms with E-state index >= 15 is 0 Å². The summed E-state index contributed by atoms with van der Waals surface area (Å²) in [6.45, 7) is 3.37. The van der Waals surface area contributed by atoms with Crippen molar-refractivity contribution in [3.8, 4) is 0 Å². The maximum Gasteiger partial charge on any atom is 0.305 e. The van der Waals surface area contributed by atoms with Crippen molar-refractivity contribution in [3.05, 3.63) is 33.8 Å². The number of carbonyl (C=O) groups is 2. The molecular formula is C13H15Cl2NO3. The van der Waals surface area contributed by atoms with E-state index in [1.165, 1.54) is 0 Å². The first kappa shape index (κ1) is 15.8. The third-order valence-electron chi connectivity index (χ3n) is 2.71. The number of amides is 1. The first-order chi connectivity index (χ1) is 8.81. The fourth-order valence-corrected chi connectivity index (χ4v) is 1.92. The van der Waals surface area contributed by atoms with Gasteiger partial charge in [-0.2, -0.15) is 0 Å². The van der Waals surface area contributed by atoms with Crippen molar-refractivity contribution >= 4 is 35.1 Å². The number of carbonyl (C=O) groups excluding carboxylic acids is 1. The largest absolute Gasteiger partial charge is 0.481 e. The van der Waals surface area contributed by atoms with Crippen molar-refractivity contribution in [2.75, 3.05) is 0 Å². The van der Waals surface area contributed by atoms with Gasteiger partial charge < -0.3 is 10.4 Å². The monoisotopic (exact) mass is 303 g/mol. The van der Waals surface area contributed by atoms with Gasteiger partial charge in [0.1, 0.15) is 0 Å². The fourth-order valence-electron chi connectivity index (χ4n) is 1.61. The minimum Gasteiger partial charge on any atom is -0.481 e. The highest BCUT2D eigenvalue weighted by Gasteiger charge is 2.19. The molecule has 0 aliphatic rings. The van der Waals surface area contributed by atoms with E-state index in [-0.39, 0.29) is 12.3 Å². The highest BCUT2D eigenvalue weighted by Crippen LogP contribution is 2.26. The highest BCUT2D eigenvalue weighted by atomic mass is 35.5. The van der Waals surface area contributed by atoms with E-state index in [0.29, 0.717) is 10.0 Å². The Kier molecular flexibility index (Phi) is 5.63. The molecule has 0 spiro atoms. The first-order valence-corrected chi connectivity index (χ1v) is 6.54. The molecule has 0 fully saturated rings. The molecule has 1 aromatic carbocycles. The van der Waals surface area contributed by atoms with Crippen LogP contribution in [0.2, 0.25) is 10.0 Å². The van der Waals surface area contributed by atoms with Crippen LogP contribution in [0.25, 0.3) is 0 Å². The molecule has 0 heterocycles. The molecule has 104 valence electrons. The van der Waals surface area contributed by atoms with Gasteiger partial charge in [-0.3, -0.25) is 9.59 Å². The normalized spacial score (nSPS) is 13.7. The van der Waals surface area contributed by atoms with E-state index in [0.717, 1.165) is 5.56 Å². The maximum absolute atomic E-state index is 12.0. The standard InChI is InChI=1S/C13H15Cl2NO3/c1-7(5-12(17)18)16-13(19)8(2)9-3-4-10(14)11(15)6-9/h3-4,6-8H,5H2,1-2H3,(H,16,19)(H,17,18).